The quantitative estimate of drug-likeness (QED) is 0.210. The summed E-state index contributed by atoms with van der Waals surface area (Å²) in [6.45, 7) is 4.37. The number of hydrogen-bond donors (Lipinski definition) is 3. The Morgan fingerprint density at radius 2 is 1.52 bits per heavy atom. The summed E-state index contributed by atoms with van der Waals surface area (Å²) in [7, 11) is 1.44. The molecule has 0 saturated heterocycles. The lowest BCUT2D eigenvalue weighted by Gasteiger charge is -2.25. The van der Waals surface area contributed by atoms with E-state index in [1.165, 1.54) is 14.0 Å². The molecule has 3 N–H and O–H groups in total. The summed E-state index contributed by atoms with van der Waals surface area (Å²) in [4.78, 5) is 62.5. The second kappa shape index (κ2) is 16.0. The van der Waals surface area contributed by atoms with Crippen molar-refractivity contribution < 1.29 is 38.6 Å². The second-order valence-electron chi connectivity index (χ2n) is 10.8. The number of ether oxygens (including phenoxy) is 2. The number of hydrogen-bond acceptors (Lipinski definition) is 7. The first-order valence-corrected chi connectivity index (χ1v) is 14.2. The van der Waals surface area contributed by atoms with E-state index < -0.39 is 54.6 Å². The number of benzene rings is 3. The van der Waals surface area contributed by atoms with Crippen LogP contribution < -0.4 is 20.1 Å². The zero-order chi connectivity index (χ0) is 32.2. The molecule has 0 bridgehead atoms. The molecule has 44 heavy (non-hydrogen) atoms. The molecular weight excluding hydrogens is 564 g/mol. The van der Waals surface area contributed by atoms with Gasteiger partial charge in [0.2, 0.25) is 11.8 Å². The number of ketones is 2. The molecule has 0 radical (unpaired) electrons. The number of methoxy groups -OCH3 is 1. The Bertz CT molecular complexity index is 1470. The van der Waals surface area contributed by atoms with Crippen LogP contribution in [0.5, 0.6) is 11.5 Å². The van der Waals surface area contributed by atoms with Crippen molar-refractivity contribution in [2.24, 2.45) is 5.92 Å². The molecule has 0 aliphatic rings. The van der Waals surface area contributed by atoms with Gasteiger partial charge in [0.1, 0.15) is 30.2 Å². The van der Waals surface area contributed by atoms with Crippen LogP contribution in [0.25, 0.3) is 0 Å². The van der Waals surface area contributed by atoms with Gasteiger partial charge in [0.05, 0.1) is 20.0 Å². The first-order valence-electron chi connectivity index (χ1n) is 14.2. The lowest BCUT2D eigenvalue weighted by molar-refractivity contribution is -0.141. The third-order valence-corrected chi connectivity index (χ3v) is 6.94. The smallest absolute Gasteiger partial charge is 0.305 e. The summed E-state index contributed by atoms with van der Waals surface area (Å²) >= 11 is 0. The van der Waals surface area contributed by atoms with Crippen molar-refractivity contribution in [1.29, 1.82) is 0 Å². The number of carbonyl (C=O) groups is 5. The fraction of sp³-hybridized carbons (Fsp3) is 0.324. The highest BCUT2D eigenvalue weighted by Gasteiger charge is 2.30. The molecule has 0 saturated carbocycles. The SMILES string of the molecule is COc1ccc(C(C)=O)cc1CC(=O)N[C@H](C(=O)N[C@@H](CC(=O)O)C(=O)COc1ccc(Cc2ccccc2)cc1)C(C)C. The van der Waals surface area contributed by atoms with Gasteiger partial charge in [-0.15, -0.1) is 0 Å². The number of Topliss-reactive ketones (excluding diaryl/α,β-unsaturated/α-hetero) is 2. The van der Waals surface area contributed by atoms with Gasteiger partial charge in [-0.2, -0.15) is 0 Å². The highest BCUT2D eigenvalue weighted by Crippen LogP contribution is 2.21. The van der Waals surface area contributed by atoms with Crippen LogP contribution in [-0.2, 0) is 32.0 Å². The number of carbonyl (C=O) groups excluding carboxylic acids is 4. The van der Waals surface area contributed by atoms with E-state index in [0.29, 0.717) is 22.6 Å². The predicted octanol–water partition coefficient (Wildman–Crippen LogP) is 3.78. The second-order valence-corrected chi connectivity index (χ2v) is 10.8. The van der Waals surface area contributed by atoms with Gasteiger partial charge in [-0.1, -0.05) is 56.3 Å². The van der Waals surface area contributed by atoms with E-state index in [4.69, 9.17) is 9.47 Å². The Morgan fingerprint density at radius 1 is 0.864 bits per heavy atom. The fourth-order valence-electron chi connectivity index (χ4n) is 4.54. The Morgan fingerprint density at radius 3 is 2.11 bits per heavy atom. The van der Waals surface area contributed by atoms with E-state index in [0.717, 1.165) is 17.5 Å². The van der Waals surface area contributed by atoms with Crippen molar-refractivity contribution in [3.8, 4) is 11.5 Å². The number of aliphatic carboxylic acids is 1. The van der Waals surface area contributed by atoms with E-state index in [1.807, 2.05) is 42.5 Å². The zero-order valence-corrected chi connectivity index (χ0v) is 25.3. The molecule has 0 aliphatic carbocycles. The predicted molar refractivity (Wildman–Crippen MR) is 164 cm³/mol. The Hall–Kier alpha value is -4.99. The minimum absolute atomic E-state index is 0.170. The van der Waals surface area contributed by atoms with E-state index in [2.05, 4.69) is 10.6 Å². The summed E-state index contributed by atoms with van der Waals surface area (Å²) in [6.07, 6.45) is -0.0906. The molecule has 10 heteroatoms. The van der Waals surface area contributed by atoms with Gasteiger partial charge in [-0.25, -0.2) is 0 Å². The van der Waals surface area contributed by atoms with Crippen LogP contribution in [0.4, 0.5) is 0 Å². The van der Waals surface area contributed by atoms with E-state index >= 15 is 0 Å². The fourth-order valence-corrected chi connectivity index (χ4v) is 4.54. The standard InChI is InChI=1S/C34H38N2O8/c1-21(2)33(36-31(39)18-26-17-25(22(3)37)12-15-30(26)43-4)34(42)35-28(19-32(40)41)29(38)20-44-27-13-10-24(11-14-27)16-23-8-6-5-7-9-23/h5-15,17,21,28,33H,16,18-20H2,1-4H3,(H,35,42)(H,36,39)(H,40,41)/t28-,33-/m0/s1. The van der Waals surface area contributed by atoms with Gasteiger partial charge in [0.15, 0.2) is 11.6 Å². The first-order chi connectivity index (χ1) is 21.0. The van der Waals surface area contributed by atoms with Gasteiger partial charge in [0.25, 0.3) is 0 Å². The number of nitrogens with one attached hydrogen (secondary N) is 2. The Labute approximate surface area is 256 Å². The number of rotatable bonds is 16. The molecule has 2 atom stereocenters. The highest BCUT2D eigenvalue weighted by molar-refractivity contribution is 5.96. The molecular formula is C34H38N2O8. The van der Waals surface area contributed by atoms with Crippen molar-refractivity contribution in [3.05, 3.63) is 95.1 Å². The van der Waals surface area contributed by atoms with Gasteiger partial charge in [-0.05, 0) is 60.7 Å². The number of amides is 2. The van der Waals surface area contributed by atoms with Crippen molar-refractivity contribution in [2.75, 3.05) is 13.7 Å². The summed E-state index contributed by atoms with van der Waals surface area (Å²) < 4.78 is 10.9. The first kappa shape index (κ1) is 33.5. The monoisotopic (exact) mass is 602 g/mol. The van der Waals surface area contributed by atoms with Crippen LogP contribution in [0.1, 0.15) is 54.2 Å². The molecule has 0 spiro atoms. The molecule has 0 aliphatic heterocycles. The maximum absolute atomic E-state index is 13.2. The van der Waals surface area contributed by atoms with Gasteiger partial charge in [0, 0.05) is 11.1 Å². The van der Waals surface area contributed by atoms with Crippen LogP contribution in [0, 0.1) is 5.92 Å². The summed E-state index contributed by atoms with van der Waals surface area (Å²) in [5.41, 5.74) is 3.08. The lowest BCUT2D eigenvalue weighted by atomic mass is 10.0. The molecule has 0 unspecified atom stereocenters. The normalized spacial score (nSPS) is 12.1. The Balaban J connectivity index is 1.63. The van der Waals surface area contributed by atoms with Crippen molar-refractivity contribution in [2.45, 2.75) is 52.1 Å². The molecule has 232 valence electrons. The van der Waals surface area contributed by atoms with E-state index in [1.54, 1.807) is 44.2 Å². The summed E-state index contributed by atoms with van der Waals surface area (Å²) in [6, 6.07) is 19.5. The summed E-state index contributed by atoms with van der Waals surface area (Å²) in [5, 5.41) is 14.5. The van der Waals surface area contributed by atoms with Crippen LogP contribution in [0.15, 0.2) is 72.8 Å². The third-order valence-electron chi connectivity index (χ3n) is 6.94. The average Bonchev–Trinajstić information content (AvgIpc) is 2.99. The molecule has 3 aromatic carbocycles. The molecule has 0 heterocycles. The number of carboxylic acids is 1. The molecule has 10 nitrogen and oxygen atoms in total. The highest BCUT2D eigenvalue weighted by atomic mass is 16.5. The minimum atomic E-state index is -1.37. The topological polar surface area (TPSA) is 148 Å². The van der Waals surface area contributed by atoms with Crippen LogP contribution >= 0.6 is 0 Å². The third kappa shape index (κ3) is 10.1. The Kier molecular flexibility index (Phi) is 12.2. The van der Waals surface area contributed by atoms with Gasteiger partial charge in [-0.3, -0.25) is 24.0 Å². The minimum Gasteiger partial charge on any atom is -0.496 e. The average molecular weight is 603 g/mol. The summed E-state index contributed by atoms with van der Waals surface area (Å²) in [5.74, 6) is -2.87. The van der Waals surface area contributed by atoms with Gasteiger partial charge >= 0.3 is 5.97 Å². The van der Waals surface area contributed by atoms with Crippen LogP contribution in [0.3, 0.4) is 0 Å². The zero-order valence-electron chi connectivity index (χ0n) is 25.3. The molecule has 0 fully saturated rings. The maximum atomic E-state index is 13.2. The lowest BCUT2D eigenvalue weighted by Crippen LogP contribution is -2.54. The largest absolute Gasteiger partial charge is 0.496 e. The molecule has 0 aromatic heterocycles. The molecule has 3 rings (SSSR count). The van der Waals surface area contributed by atoms with Gasteiger partial charge < -0.3 is 25.2 Å². The van der Waals surface area contributed by atoms with Crippen molar-refractivity contribution in [3.63, 3.8) is 0 Å². The van der Waals surface area contributed by atoms with Crippen LogP contribution in [0.2, 0.25) is 0 Å². The van der Waals surface area contributed by atoms with E-state index in [9.17, 15) is 29.1 Å². The molecule has 3 aromatic rings. The molecule has 2 amide bonds. The number of carboxylic acid groups (broad SMARTS) is 1. The maximum Gasteiger partial charge on any atom is 0.305 e. The van der Waals surface area contributed by atoms with Crippen LogP contribution in [-0.4, -0.2) is 60.3 Å². The van der Waals surface area contributed by atoms with Crippen molar-refractivity contribution >= 4 is 29.4 Å². The van der Waals surface area contributed by atoms with Crippen molar-refractivity contribution in [1.82, 2.24) is 10.6 Å². The van der Waals surface area contributed by atoms with E-state index in [-0.39, 0.29) is 12.2 Å².